The van der Waals surface area contributed by atoms with Crippen LogP contribution >= 0.6 is 0 Å². The van der Waals surface area contributed by atoms with Crippen LogP contribution in [0.15, 0.2) is 54.7 Å². The van der Waals surface area contributed by atoms with Crippen LogP contribution in [0.5, 0.6) is 5.75 Å². The van der Waals surface area contributed by atoms with Gasteiger partial charge in [0.05, 0.1) is 35.4 Å². The second-order valence-electron chi connectivity index (χ2n) is 24.6. The normalized spacial score (nSPS) is 26.4. The number of pyridine rings is 1. The molecule has 416 valence electrons. The second kappa shape index (κ2) is 21.5. The van der Waals surface area contributed by atoms with Crippen molar-refractivity contribution in [2.24, 2.45) is 28.6 Å². The van der Waals surface area contributed by atoms with Crippen molar-refractivity contribution >= 4 is 46.5 Å². The van der Waals surface area contributed by atoms with E-state index < -0.39 is 58.6 Å². The number of ether oxygens (including phenoxy) is 3. The fourth-order valence-electron chi connectivity index (χ4n) is 13.5. The highest BCUT2D eigenvalue weighted by Gasteiger charge is 2.58. The number of esters is 2. The number of carbonyl (C=O) groups is 6. The number of aryl methyl sites for hydroxylation is 1. The number of likely N-dealkylation sites (tertiary alicyclic amines) is 2. The molecule has 4 saturated heterocycles. The fourth-order valence-corrected chi connectivity index (χ4v) is 13.5. The number of rotatable bonds is 12. The van der Waals surface area contributed by atoms with Gasteiger partial charge in [-0.3, -0.25) is 44.1 Å². The summed E-state index contributed by atoms with van der Waals surface area (Å²) in [6.07, 6.45) is 9.74. The van der Waals surface area contributed by atoms with Crippen LogP contribution in [-0.4, -0.2) is 130 Å². The van der Waals surface area contributed by atoms with Gasteiger partial charge in [0.1, 0.15) is 29.9 Å². The third-order valence-corrected chi connectivity index (χ3v) is 18.0. The summed E-state index contributed by atoms with van der Waals surface area (Å²) in [6.45, 7) is 14.1. The standard InChI is InChI=1S/C61H78N8O9/c1-8-67-48-20-19-40-31-44(48)45(53(67)43-15-11-23-62-49(43)36(4)76-7)32-60(5,6)34-77-58(74)46-16-12-24-69(65-46)55(71)47(29-37-27-41(40)30-42(28-37)78-57(73)35(2)3)63-54(70)52(39-13-9-10-14-39)68-26-22-61(59(68)75)21-25-66(33-61)56(72)51-50(64-51)38-17-18-38/h11,15,19-20,23,27-28,30-31,35-36,38-39,46-47,50-52,64-65H,8-10,12-14,16-18,21-22,24-26,29,32-34H2,1-7H3,(H,63,70)/t36-,46-,47-,50+,51+,52-,61-/m0/s1. The highest BCUT2D eigenvalue weighted by atomic mass is 16.5. The lowest BCUT2D eigenvalue weighted by molar-refractivity contribution is -0.155. The molecule has 2 aliphatic carbocycles. The Kier molecular flexibility index (Phi) is 14.8. The Labute approximate surface area is 457 Å². The van der Waals surface area contributed by atoms with Gasteiger partial charge in [0.25, 0.3) is 5.91 Å². The quantitative estimate of drug-likeness (QED) is 0.0741. The smallest absolute Gasteiger partial charge is 0.324 e. The molecule has 11 rings (SSSR count). The minimum absolute atomic E-state index is 0.000836. The summed E-state index contributed by atoms with van der Waals surface area (Å²) in [5.74, 6) is -1.43. The van der Waals surface area contributed by atoms with Crippen molar-refractivity contribution in [3.05, 3.63) is 71.5 Å². The second-order valence-corrected chi connectivity index (χ2v) is 24.6. The SMILES string of the molecule is CCn1c(-c2cccnc2[C@H](C)OC)c2c3cc(ccc31)-c1cc(cc(OC(=O)C(C)C)c1)C[C@H](NC(=O)[C@H](C1CCCC1)N1CC[C@]3(CCN(C(=O)[C@@H]4N[C@@H]4C4CC4)C3)C1=O)C(=O)N1CCC[C@H](N1)C(=O)OCC(C)(C)C2. The number of methoxy groups -OCH3 is 1. The zero-order chi connectivity index (χ0) is 54.8. The predicted molar refractivity (Wildman–Crippen MR) is 293 cm³/mol. The van der Waals surface area contributed by atoms with Crippen molar-refractivity contribution in [1.29, 1.82) is 0 Å². The van der Waals surface area contributed by atoms with Crippen LogP contribution in [0.4, 0.5) is 0 Å². The van der Waals surface area contributed by atoms with Gasteiger partial charge in [-0.15, -0.1) is 0 Å². The summed E-state index contributed by atoms with van der Waals surface area (Å²) in [5.41, 5.74) is 8.91. The van der Waals surface area contributed by atoms with Crippen LogP contribution in [0.3, 0.4) is 0 Å². The molecular formula is C61H78N8O9. The van der Waals surface area contributed by atoms with Gasteiger partial charge in [-0.25, -0.2) is 5.43 Å². The Hall–Kier alpha value is -6.17. The number of amides is 4. The average Bonchev–Trinajstić information content (AvgIpc) is 4.47. The van der Waals surface area contributed by atoms with Gasteiger partial charge in [-0.05, 0) is 142 Å². The molecule has 0 radical (unpaired) electrons. The van der Waals surface area contributed by atoms with Crippen molar-refractivity contribution in [3.8, 4) is 28.1 Å². The molecule has 7 aliphatic rings. The van der Waals surface area contributed by atoms with Gasteiger partial charge in [0, 0.05) is 80.4 Å². The highest BCUT2D eigenvalue weighted by molar-refractivity contribution is 5.97. The van der Waals surface area contributed by atoms with Gasteiger partial charge in [0.15, 0.2) is 0 Å². The molecule has 17 nitrogen and oxygen atoms in total. The lowest BCUT2D eigenvalue weighted by Gasteiger charge is -2.37. The molecule has 6 fully saturated rings. The first-order valence-corrected chi connectivity index (χ1v) is 28.9. The number of aromatic nitrogens is 2. The molecule has 6 bridgehead atoms. The number of nitrogens with zero attached hydrogens (tertiary/aromatic N) is 5. The monoisotopic (exact) mass is 1070 g/mol. The summed E-state index contributed by atoms with van der Waals surface area (Å²) in [5, 5.41) is 9.04. The average molecular weight is 1070 g/mol. The molecular weight excluding hydrogens is 989 g/mol. The first-order valence-electron chi connectivity index (χ1n) is 28.9. The summed E-state index contributed by atoms with van der Waals surface area (Å²) in [6, 6.07) is 13.2. The maximum Gasteiger partial charge on any atom is 0.324 e. The zero-order valence-electron chi connectivity index (χ0n) is 46.5. The van der Waals surface area contributed by atoms with E-state index in [-0.39, 0.29) is 55.5 Å². The Balaban J connectivity index is 0.980. The number of nitrogens with one attached hydrogen (secondary N) is 3. The third kappa shape index (κ3) is 10.5. The molecule has 78 heavy (non-hydrogen) atoms. The van der Waals surface area contributed by atoms with E-state index in [0.29, 0.717) is 75.5 Å². The van der Waals surface area contributed by atoms with Crippen molar-refractivity contribution in [3.63, 3.8) is 0 Å². The maximum atomic E-state index is 15.4. The van der Waals surface area contributed by atoms with Gasteiger partial charge in [-0.2, -0.15) is 0 Å². The molecule has 1 spiro atoms. The largest absolute Gasteiger partial charge is 0.464 e. The van der Waals surface area contributed by atoms with Crippen LogP contribution < -0.4 is 20.8 Å². The van der Waals surface area contributed by atoms with Crippen LogP contribution in [0.2, 0.25) is 0 Å². The lowest BCUT2D eigenvalue weighted by Crippen LogP contribution is -2.62. The molecule has 2 saturated carbocycles. The van der Waals surface area contributed by atoms with E-state index in [9.17, 15) is 19.2 Å². The number of fused-ring (bicyclic) bond motifs is 6. The Bertz CT molecular complexity index is 3010. The molecule has 2 aromatic heterocycles. The highest BCUT2D eigenvalue weighted by Crippen LogP contribution is 2.47. The molecule has 3 N–H and O–H groups in total. The van der Waals surface area contributed by atoms with Gasteiger partial charge < -0.3 is 33.9 Å². The molecule has 0 unspecified atom stereocenters. The molecule has 5 aliphatic heterocycles. The molecule has 2 aromatic carbocycles. The molecule has 4 aromatic rings. The predicted octanol–water partition coefficient (Wildman–Crippen LogP) is 7.07. The minimum atomic E-state index is -1.17. The van der Waals surface area contributed by atoms with E-state index in [2.05, 4.69) is 65.7 Å². The lowest BCUT2D eigenvalue weighted by atomic mass is 9.84. The van der Waals surface area contributed by atoms with Crippen LogP contribution in [0.1, 0.15) is 129 Å². The molecule has 4 amide bonds. The first kappa shape index (κ1) is 53.8. The summed E-state index contributed by atoms with van der Waals surface area (Å²) >= 11 is 0. The maximum absolute atomic E-state index is 15.4. The first-order chi connectivity index (χ1) is 37.5. The zero-order valence-corrected chi connectivity index (χ0v) is 46.5. The number of hydrogen-bond acceptors (Lipinski definition) is 12. The van der Waals surface area contributed by atoms with Crippen molar-refractivity contribution in [1.82, 2.24) is 40.4 Å². The molecule has 7 heterocycles. The van der Waals surface area contributed by atoms with Crippen LogP contribution in [0, 0.1) is 28.6 Å². The minimum Gasteiger partial charge on any atom is -0.464 e. The number of hydrogen-bond donors (Lipinski definition) is 3. The van der Waals surface area contributed by atoms with E-state index in [4.69, 9.17) is 19.2 Å². The van der Waals surface area contributed by atoms with Crippen molar-refractivity contribution in [2.45, 2.75) is 161 Å². The van der Waals surface area contributed by atoms with Crippen molar-refractivity contribution in [2.75, 3.05) is 39.9 Å². The number of benzene rings is 2. The topological polar surface area (TPSA) is 204 Å². The van der Waals surface area contributed by atoms with Gasteiger partial charge in [-0.1, -0.05) is 52.7 Å². The molecule has 17 heteroatoms. The summed E-state index contributed by atoms with van der Waals surface area (Å²) in [7, 11) is 1.68. The van der Waals surface area contributed by atoms with Crippen molar-refractivity contribution < 1.29 is 43.0 Å². The van der Waals surface area contributed by atoms with Crippen LogP contribution in [0.25, 0.3) is 33.3 Å². The number of carbonyl (C=O) groups excluding carboxylic acids is 6. The molecule has 7 atom stereocenters. The van der Waals surface area contributed by atoms with E-state index in [0.717, 1.165) is 83.1 Å². The van der Waals surface area contributed by atoms with E-state index in [1.807, 2.05) is 30.0 Å². The fraction of sp³-hybridized carbons (Fsp3) is 0.590. The Morgan fingerprint density at radius 1 is 0.923 bits per heavy atom. The van der Waals surface area contributed by atoms with E-state index in [1.165, 1.54) is 5.01 Å². The Morgan fingerprint density at radius 3 is 2.45 bits per heavy atom. The van der Waals surface area contributed by atoms with E-state index >= 15 is 9.59 Å². The van der Waals surface area contributed by atoms with Gasteiger partial charge >= 0.3 is 11.9 Å². The number of hydrazine groups is 1. The van der Waals surface area contributed by atoms with E-state index in [1.54, 1.807) is 38.1 Å². The summed E-state index contributed by atoms with van der Waals surface area (Å²) in [4.78, 5) is 95.4. The van der Waals surface area contributed by atoms with Crippen LogP contribution in [-0.2, 0) is 57.6 Å². The Morgan fingerprint density at radius 2 is 1.71 bits per heavy atom. The number of cyclic esters (lactones) is 1. The summed E-state index contributed by atoms with van der Waals surface area (Å²) < 4.78 is 20.5. The van der Waals surface area contributed by atoms with Gasteiger partial charge in [0.2, 0.25) is 17.7 Å². The third-order valence-electron chi connectivity index (χ3n) is 18.0.